The van der Waals surface area contributed by atoms with Gasteiger partial charge in [0.1, 0.15) is 12.2 Å². The maximum absolute atomic E-state index is 12.2. The maximum Gasteiger partial charge on any atom is 0.248 e. The number of morpholine rings is 1. The number of hydrogen-bond donors (Lipinski definition) is 0. The number of amides is 1. The summed E-state index contributed by atoms with van der Waals surface area (Å²) >= 11 is 0. The van der Waals surface area contributed by atoms with Crippen molar-refractivity contribution in [2.45, 2.75) is 25.0 Å². The molecule has 0 aliphatic carbocycles. The normalized spacial score (nSPS) is 21.5. The molecule has 8 nitrogen and oxygen atoms in total. The molecule has 2 aliphatic heterocycles. The number of hydrogen-bond acceptors (Lipinski definition) is 7. The van der Waals surface area contributed by atoms with Crippen molar-refractivity contribution >= 4 is 11.9 Å². The molecule has 0 saturated carbocycles. The van der Waals surface area contributed by atoms with Gasteiger partial charge in [0.15, 0.2) is 0 Å². The van der Waals surface area contributed by atoms with E-state index in [1.165, 1.54) is 7.11 Å². The van der Waals surface area contributed by atoms with Crippen LogP contribution in [0.25, 0.3) is 0 Å². The second kappa shape index (κ2) is 6.18. The molecule has 2 saturated heterocycles. The number of carbonyl (C=O) groups excluding carboxylic acids is 1. The third-order valence-corrected chi connectivity index (χ3v) is 4.23. The van der Waals surface area contributed by atoms with Gasteiger partial charge in [0.25, 0.3) is 0 Å². The lowest BCUT2D eigenvalue weighted by Gasteiger charge is -2.57. The molecule has 132 valence electrons. The summed E-state index contributed by atoms with van der Waals surface area (Å²) in [7, 11) is 3.11. The molecule has 0 bridgehead atoms. The van der Waals surface area contributed by atoms with Crippen LogP contribution in [0.15, 0.2) is 12.3 Å². The number of anilines is 1. The van der Waals surface area contributed by atoms with E-state index in [1.807, 2.05) is 23.6 Å². The van der Waals surface area contributed by atoms with Crippen LogP contribution in [0.3, 0.4) is 0 Å². The highest BCUT2D eigenvalue weighted by Gasteiger charge is 2.53. The first kappa shape index (κ1) is 16.9. The van der Waals surface area contributed by atoms with Crippen LogP contribution >= 0.6 is 0 Å². The second-order valence-corrected chi connectivity index (χ2v) is 6.98. The zero-order valence-electron chi connectivity index (χ0n) is 14.6. The number of ether oxygens (including phenoxy) is 3. The highest BCUT2D eigenvalue weighted by atomic mass is 16.5. The van der Waals surface area contributed by atoms with Gasteiger partial charge in [-0.1, -0.05) is 0 Å². The summed E-state index contributed by atoms with van der Waals surface area (Å²) in [5, 5.41) is 0. The van der Waals surface area contributed by atoms with Gasteiger partial charge in [-0.3, -0.25) is 4.79 Å². The van der Waals surface area contributed by atoms with Gasteiger partial charge in [0.05, 0.1) is 32.3 Å². The largest absolute Gasteiger partial charge is 0.481 e. The lowest BCUT2D eigenvalue weighted by atomic mass is 9.88. The smallest absolute Gasteiger partial charge is 0.248 e. The number of methoxy groups -OCH3 is 2. The van der Waals surface area contributed by atoms with E-state index in [2.05, 4.69) is 9.97 Å². The molecule has 3 rings (SSSR count). The molecule has 1 spiro atoms. The quantitative estimate of drug-likeness (QED) is 0.784. The van der Waals surface area contributed by atoms with Gasteiger partial charge in [0.2, 0.25) is 17.7 Å². The van der Waals surface area contributed by atoms with E-state index < -0.39 is 11.2 Å². The summed E-state index contributed by atoms with van der Waals surface area (Å²) in [6.45, 7) is 6.50. The van der Waals surface area contributed by atoms with Crippen molar-refractivity contribution in [2.75, 3.05) is 51.9 Å². The van der Waals surface area contributed by atoms with E-state index in [0.717, 1.165) is 0 Å². The van der Waals surface area contributed by atoms with Crippen LogP contribution in [0.1, 0.15) is 13.8 Å². The Morgan fingerprint density at radius 3 is 2.71 bits per heavy atom. The minimum Gasteiger partial charge on any atom is -0.481 e. The Kier molecular flexibility index (Phi) is 4.35. The molecular formula is C16H24N4O4. The molecule has 24 heavy (non-hydrogen) atoms. The Balaban J connectivity index is 1.71. The fourth-order valence-electron chi connectivity index (χ4n) is 3.46. The Morgan fingerprint density at radius 1 is 1.29 bits per heavy atom. The third-order valence-electron chi connectivity index (χ3n) is 4.23. The molecule has 0 aromatic carbocycles. The van der Waals surface area contributed by atoms with Crippen LogP contribution in [0, 0.1) is 0 Å². The predicted octanol–water partition coefficient (Wildman–Crippen LogP) is 0.328. The van der Waals surface area contributed by atoms with E-state index in [1.54, 1.807) is 19.4 Å². The van der Waals surface area contributed by atoms with Crippen LogP contribution in [0.5, 0.6) is 5.88 Å². The first-order valence-electron chi connectivity index (χ1n) is 7.95. The Labute approximate surface area is 141 Å². The van der Waals surface area contributed by atoms with Gasteiger partial charge in [-0.05, 0) is 13.8 Å². The molecule has 1 aromatic rings. The van der Waals surface area contributed by atoms with Crippen molar-refractivity contribution in [3.8, 4) is 5.88 Å². The minimum absolute atomic E-state index is 0.00988. The second-order valence-electron chi connectivity index (χ2n) is 6.98. The molecule has 0 atom stereocenters. The Bertz CT molecular complexity index is 616. The number of aromatic nitrogens is 2. The zero-order valence-corrected chi connectivity index (χ0v) is 14.6. The van der Waals surface area contributed by atoms with Crippen LogP contribution in [0.4, 0.5) is 5.95 Å². The maximum atomic E-state index is 12.2. The van der Waals surface area contributed by atoms with Crippen LogP contribution < -0.4 is 9.64 Å². The number of rotatable bonds is 4. The highest BCUT2D eigenvalue weighted by Crippen LogP contribution is 2.37. The van der Waals surface area contributed by atoms with Crippen molar-refractivity contribution in [3.63, 3.8) is 0 Å². The monoisotopic (exact) mass is 336 g/mol. The van der Waals surface area contributed by atoms with Crippen LogP contribution in [0.2, 0.25) is 0 Å². The fraction of sp³-hybridized carbons (Fsp3) is 0.688. The summed E-state index contributed by atoms with van der Waals surface area (Å²) in [6.07, 6.45) is 1.67. The summed E-state index contributed by atoms with van der Waals surface area (Å²) in [5.41, 5.74) is -0.791. The number of carbonyl (C=O) groups is 1. The highest BCUT2D eigenvalue weighted by molar-refractivity contribution is 5.77. The van der Waals surface area contributed by atoms with Crippen molar-refractivity contribution in [2.24, 2.45) is 0 Å². The zero-order chi connectivity index (χ0) is 17.4. The molecule has 0 N–H and O–H groups in total. The van der Waals surface area contributed by atoms with Gasteiger partial charge in [0, 0.05) is 25.9 Å². The summed E-state index contributed by atoms with van der Waals surface area (Å²) < 4.78 is 16.4. The molecule has 0 radical (unpaired) electrons. The fourth-order valence-corrected chi connectivity index (χ4v) is 3.46. The summed E-state index contributed by atoms with van der Waals surface area (Å²) in [6, 6.07) is 1.71. The molecule has 3 heterocycles. The Hall–Kier alpha value is -1.93. The molecule has 1 aromatic heterocycles. The van der Waals surface area contributed by atoms with E-state index in [9.17, 15) is 4.79 Å². The topological polar surface area (TPSA) is 77.0 Å². The van der Waals surface area contributed by atoms with Crippen LogP contribution in [-0.4, -0.2) is 79.0 Å². The van der Waals surface area contributed by atoms with E-state index in [0.29, 0.717) is 38.0 Å². The standard InChI is InChI=1S/C16H24N4O4/c1-15(2)8-19(13(21)7-22-3)9-16(24-15)10-20(11-16)14-17-6-5-12(18-14)23-4/h5-6H,7-11H2,1-4H3. The molecular weight excluding hydrogens is 312 g/mol. The molecule has 2 aliphatic rings. The minimum atomic E-state index is -0.400. The van der Waals surface area contributed by atoms with Gasteiger partial charge in [-0.15, -0.1) is 0 Å². The first-order valence-corrected chi connectivity index (χ1v) is 7.95. The predicted molar refractivity (Wildman–Crippen MR) is 87.1 cm³/mol. The van der Waals surface area contributed by atoms with Crippen LogP contribution in [-0.2, 0) is 14.3 Å². The van der Waals surface area contributed by atoms with Gasteiger partial charge < -0.3 is 24.0 Å². The van der Waals surface area contributed by atoms with E-state index in [-0.39, 0.29) is 12.5 Å². The van der Waals surface area contributed by atoms with E-state index in [4.69, 9.17) is 14.2 Å². The van der Waals surface area contributed by atoms with Gasteiger partial charge in [-0.2, -0.15) is 4.98 Å². The van der Waals surface area contributed by atoms with Crippen molar-refractivity contribution < 1.29 is 19.0 Å². The summed E-state index contributed by atoms with van der Waals surface area (Å²) in [4.78, 5) is 24.7. The molecule has 1 amide bonds. The average molecular weight is 336 g/mol. The number of nitrogens with zero attached hydrogens (tertiary/aromatic N) is 4. The van der Waals surface area contributed by atoms with Crippen molar-refractivity contribution in [3.05, 3.63) is 12.3 Å². The van der Waals surface area contributed by atoms with Crippen molar-refractivity contribution in [1.82, 2.24) is 14.9 Å². The molecule has 0 unspecified atom stereocenters. The van der Waals surface area contributed by atoms with Crippen molar-refractivity contribution in [1.29, 1.82) is 0 Å². The summed E-state index contributed by atoms with van der Waals surface area (Å²) in [5.74, 6) is 1.13. The average Bonchev–Trinajstić information content (AvgIpc) is 2.51. The SMILES string of the molecule is COCC(=O)N1CC(C)(C)OC2(C1)CN(c1nccc(OC)n1)C2. The lowest BCUT2D eigenvalue weighted by molar-refractivity contribution is -0.209. The van der Waals surface area contributed by atoms with Gasteiger partial charge in [-0.25, -0.2) is 4.98 Å². The van der Waals surface area contributed by atoms with E-state index >= 15 is 0 Å². The van der Waals surface area contributed by atoms with Gasteiger partial charge >= 0.3 is 0 Å². The molecule has 8 heteroatoms. The Morgan fingerprint density at radius 2 is 2.04 bits per heavy atom. The molecule has 2 fully saturated rings. The third kappa shape index (κ3) is 3.29. The first-order chi connectivity index (χ1) is 11.4. The lowest BCUT2D eigenvalue weighted by Crippen LogP contribution is -2.74.